The molecule has 0 saturated heterocycles. The van der Waals surface area contributed by atoms with E-state index in [2.05, 4.69) is 9.97 Å². The van der Waals surface area contributed by atoms with E-state index in [0.29, 0.717) is 16.9 Å². The topological polar surface area (TPSA) is 115 Å². The van der Waals surface area contributed by atoms with Crippen LogP contribution in [0.25, 0.3) is 11.1 Å². The summed E-state index contributed by atoms with van der Waals surface area (Å²) in [4.78, 5) is 18.4. The van der Waals surface area contributed by atoms with Crippen molar-refractivity contribution >= 4 is 23.7 Å². The molecule has 1 aromatic heterocycles. The largest absolute Gasteiger partial charge is 0.480 e. The number of aromatic nitrogens is 2. The van der Waals surface area contributed by atoms with Gasteiger partial charge in [0.05, 0.1) is 5.92 Å². The van der Waals surface area contributed by atoms with Gasteiger partial charge in [-0.15, -0.1) is 0 Å². The maximum atomic E-state index is 13.5. The van der Waals surface area contributed by atoms with Gasteiger partial charge in [-0.25, -0.2) is 9.97 Å². The SMILES string of the molecule is Nc1ncc(-c2ccc(C(CCSCCC(N)C(=O)O)C(F)(F)F)cc2)cn1. The van der Waals surface area contributed by atoms with Crippen molar-refractivity contribution in [2.24, 2.45) is 5.73 Å². The number of alkyl halides is 3. The smallest absolute Gasteiger partial charge is 0.395 e. The molecule has 6 nitrogen and oxygen atoms in total. The Balaban J connectivity index is 1.99. The van der Waals surface area contributed by atoms with E-state index in [1.165, 1.54) is 36.3 Å². The molecule has 1 aromatic carbocycles. The zero-order valence-electron chi connectivity index (χ0n) is 14.9. The van der Waals surface area contributed by atoms with E-state index in [1.54, 1.807) is 12.1 Å². The molecule has 0 aliphatic carbocycles. The minimum Gasteiger partial charge on any atom is -0.480 e. The first-order chi connectivity index (χ1) is 13.2. The van der Waals surface area contributed by atoms with Crippen LogP contribution in [0.15, 0.2) is 36.7 Å². The van der Waals surface area contributed by atoms with Gasteiger partial charge in [-0.05, 0) is 35.5 Å². The number of nitrogens with zero attached hydrogens (tertiary/aromatic N) is 2. The molecular formula is C18H21F3N4O2S. The van der Waals surface area contributed by atoms with Crippen molar-refractivity contribution < 1.29 is 23.1 Å². The second kappa shape index (κ2) is 9.74. The molecule has 0 radical (unpaired) electrons. The van der Waals surface area contributed by atoms with E-state index in [9.17, 15) is 18.0 Å². The molecule has 10 heteroatoms. The van der Waals surface area contributed by atoms with E-state index < -0.39 is 24.1 Å². The van der Waals surface area contributed by atoms with Gasteiger partial charge in [0.2, 0.25) is 5.95 Å². The number of hydrogen-bond acceptors (Lipinski definition) is 6. The summed E-state index contributed by atoms with van der Waals surface area (Å²) in [7, 11) is 0. The van der Waals surface area contributed by atoms with Crippen LogP contribution in [0.2, 0.25) is 0 Å². The molecule has 0 saturated carbocycles. The summed E-state index contributed by atoms with van der Waals surface area (Å²) < 4.78 is 40.4. The predicted molar refractivity (Wildman–Crippen MR) is 103 cm³/mol. The third-order valence-electron chi connectivity index (χ3n) is 4.15. The third-order valence-corrected chi connectivity index (χ3v) is 5.20. The number of thioether (sulfide) groups is 1. The van der Waals surface area contributed by atoms with Gasteiger partial charge < -0.3 is 16.6 Å². The maximum absolute atomic E-state index is 13.5. The highest BCUT2D eigenvalue weighted by atomic mass is 32.2. The van der Waals surface area contributed by atoms with Crippen LogP contribution in [-0.4, -0.2) is 44.8 Å². The average Bonchev–Trinajstić information content (AvgIpc) is 2.64. The Morgan fingerprint density at radius 3 is 2.18 bits per heavy atom. The predicted octanol–water partition coefficient (Wildman–Crippen LogP) is 3.30. The molecule has 2 rings (SSSR count). The minimum absolute atomic E-state index is 0.0964. The van der Waals surface area contributed by atoms with Gasteiger partial charge >= 0.3 is 12.1 Å². The summed E-state index contributed by atoms with van der Waals surface area (Å²) in [6.45, 7) is 0. The molecule has 1 heterocycles. The number of rotatable bonds is 9. The summed E-state index contributed by atoms with van der Waals surface area (Å²) in [6.07, 6.45) is -1.23. The monoisotopic (exact) mass is 414 g/mol. The Labute approximate surface area is 164 Å². The van der Waals surface area contributed by atoms with Gasteiger partial charge in [-0.2, -0.15) is 24.9 Å². The third kappa shape index (κ3) is 6.38. The van der Waals surface area contributed by atoms with Crippen LogP contribution >= 0.6 is 11.8 Å². The highest BCUT2D eigenvalue weighted by molar-refractivity contribution is 7.99. The number of carbonyl (C=O) groups is 1. The molecule has 152 valence electrons. The standard InChI is InChI=1S/C18H21F3N4O2S/c19-18(20,21)14(5-7-28-8-6-15(22)16(26)27)12-3-1-11(2-4-12)13-9-24-17(23)25-10-13/h1-4,9-10,14-15H,5-8,22H2,(H,26,27)(H2,23,24,25). The van der Waals surface area contributed by atoms with Crippen molar-refractivity contribution in [3.8, 4) is 11.1 Å². The lowest BCUT2D eigenvalue weighted by molar-refractivity contribution is -0.150. The van der Waals surface area contributed by atoms with Crippen molar-refractivity contribution in [3.05, 3.63) is 42.2 Å². The summed E-state index contributed by atoms with van der Waals surface area (Å²) in [6, 6.07) is 5.11. The number of nitrogen functional groups attached to an aromatic ring is 1. The second-order valence-electron chi connectivity index (χ2n) is 6.18. The second-order valence-corrected chi connectivity index (χ2v) is 7.41. The normalized spacial score (nSPS) is 13.9. The van der Waals surface area contributed by atoms with Crippen LogP contribution in [0.5, 0.6) is 0 Å². The molecule has 0 spiro atoms. The first-order valence-corrected chi connectivity index (χ1v) is 9.64. The number of benzene rings is 1. The van der Waals surface area contributed by atoms with E-state index in [0.717, 1.165) is 0 Å². The van der Waals surface area contributed by atoms with Crippen molar-refractivity contribution in [3.63, 3.8) is 0 Å². The molecule has 0 aliphatic rings. The van der Waals surface area contributed by atoms with Crippen molar-refractivity contribution in [2.45, 2.75) is 31.0 Å². The summed E-state index contributed by atoms with van der Waals surface area (Å²) in [5.41, 5.74) is 12.3. The number of halogens is 3. The lowest BCUT2D eigenvalue weighted by atomic mass is 9.94. The van der Waals surface area contributed by atoms with Crippen LogP contribution in [0.3, 0.4) is 0 Å². The van der Waals surface area contributed by atoms with Gasteiger partial charge in [0.25, 0.3) is 0 Å². The number of aliphatic carboxylic acids is 1. The fourth-order valence-electron chi connectivity index (χ4n) is 2.55. The van der Waals surface area contributed by atoms with Crippen molar-refractivity contribution in [2.75, 3.05) is 17.2 Å². The highest BCUT2D eigenvalue weighted by Gasteiger charge is 2.40. The fourth-order valence-corrected chi connectivity index (χ4v) is 3.58. The Hall–Kier alpha value is -2.33. The van der Waals surface area contributed by atoms with Gasteiger partial charge in [0, 0.05) is 18.0 Å². The molecule has 2 unspecified atom stereocenters. The number of hydrogen-bond donors (Lipinski definition) is 3. The zero-order valence-corrected chi connectivity index (χ0v) is 15.7. The van der Waals surface area contributed by atoms with Gasteiger partial charge in [-0.1, -0.05) is 24.3 Å². The Kier molecular flexibility index (Phi) is 7.64. The van der Waals surface area contributed by atoms with Crippen LogP contribution in [0.4, 0.5) is 19.1 Å². The molecule has 28 heavy (non-hydrogen) atoms. The first-order valence-electron chi connectivity index (χ1n) is 8.49. The summed E-state index contributed by atoms with van der Waals surface area (Å²) >= 11 is 1.27. The molecule has 0 amide bonds. The zero-order chi connectivity index (χ0) is 20.7. The van der Waals surface area contributed by atoms with Gasteiger partial charge in [-0.3, -0.25) is 4.79 Å². The van der Waals surface area contributed by atoms with E-state index in [4.69, 9.17) is 16.6 Å². The average molecular weight is 414 g/mol. The quantitative estimate of drug-likeness (QED) is 0.539. The minimum atomic E-state index is -4.37. The van der Waals surface area contributed by atoms with Gasteiger partial charge in [0.15, 0.2) is 0 Å². The maximum Gasteiger partial charge on any atom is 0.395 e. The van der Waals surface area contributed by atoms with Crippen molar-refractivity contribution in [1.29, 1.82) is 0 Å². The molecule has 0 bridgehead atoms. The molecule has 2 atom stereocenters. The summed E-state index contributed by atoms with van der Waals surface area (Å²) in [5.74, 6) is -1.93. The summed E-state index contributed by atoms with van der Waals surface area (Å²) in [5, 5.41) is 8.70. The van der Waals surface area contributed by atoms with Crippen LogP contribution in [0, 0.1) is 0 Å². The lowest BCUT2D eigenvalue weighted by Crippen LogP contribution is -2.30. The molecule has 2 aromatic rings. The first kappa shape index (κ1) is 22.0. The number of carboxylic acids is 1. The Bertz CT molecular complexity index is 770. The number of nitrogens with two attached hydrogens (primary N) is 2. The fraction of sp³-hybridized carbons (Fsp3) is 0.389. The van der Waals surface area contributed by atoms with E-state index in [1.807, 2.05) is 0 Å². The van der Waals surface area contributed by atoms with Crippen LogP contribution < -0.4 is 11.5 Å². The van der Waals surface area contributed by atoms with Crippen LogP contribution in [0.1, 0.15) is 24.3 Å². The van der Waals surface area contributed by atoms with E-state index >= 15 is 0 Å². The number of carboxylic acid groups (broad SMARTS) is 1. The van der Waals surface area contributed by atoms with Crippen LogP contribution in [-0.2, 0) is 4.79 Å². The molecular weight excluding hydrogens is 393 g/mol. The Morgan fingerprint density at radius 1 is 1.07 bits per heavy atom. The number of anilines is 1. The highest BCUT2D eigenvalue weighted by Crippen LogP contribution is 2.38. The van der Waals surface area contributed by atoms with Crippen molar-refractivity contribution in [1.82, 2.24) is 9.97 Å². The van der Waals surface area contributed by atoms with Gasteiger partial charge in [0.1, 0.15) is 6.04 Å². The molecule has 0 fully saturated rings. The Morgan fingerprint density at radius 2 is 1.64 bits per heavy atom. The van der Waals surface area contributed by atoms with E-state index in [-0.39, 0.29) is 30.1 Å². The lowest BCUT2D eigenvalue weighted by Gasteiger charge is -2.21. The molecule has 5 N–H and O–H groups in total. The molecule has 0 aliphatic heterocycles.